The van der Waals surface area contributed by atoms with Crippen LogP contribution >= 0.6 is 0 Å². The van der Waals surface area contributed by atoms with E-state index in [1.165, 1.54) is 7.05 Å². The standard InChI is InChI=1S/C11H16N2O2S/c1-8-6-9-4-3-5-10(11(9)13-7-8)16(14,15)12-2/h3-5,8,12-13H,6-7H2,1-2H3/t8-/m0/s1. The molecule has 0 fully saturated rings. The van der Waals surface area contributed by atoms with Gasteiger partial charge in [0.2, 0.25) is 10.0 Å². The fourth-order valence-electron chi connectivity index (χ4n) is 2.01. The smallest absolute Gasteiger partial charge is 0.242 e. The Labute approximate surface area is 96.1 Å². The Morgan fingerprint density at radius 2 is 2.19 bits per heavy atom. The molecule has 1 aromatic rings. The molecule has 0 radical (unpaired) electrons. The minimum atomic E-state index is -3.37. The third kappa shape index (κ3) is 1.92. The summed E-state index contributed by atoms with van der Waals surface area (Å²) in [6.45, 7) is 2.97. The van der Waals surface area contributed by atoms with Crippen molar-refractivity contribution in [2.45, 2.75) is 18.2 Å². The van der Waals surface area contributed by atoms with Crippen molar-refractivity contribution in [3.8, 4) is 0 Å². The summed E-state index contributed by atoms with van der Waals surface area (Å²) in [6.07, 6.45) is 0.926. The molecule has 1 atom stereocenters. The molecule has 0 unspecified atom stereocenters. The van der Waals surface area contributed by atoms with Crippen LogP contribution in [0.3, 0.4) is 0 Å². The van der Waals surface area contributed by atoms with Gasteiger partial charge in [-0.1, -0.05) is 19.1 Å². The number of fused-ring (bicyclic) bond motifs is 1. The lowest BCUT2D eigenvalue weighted by molar-refractivity contribution is 0.579. The molecule has 0 aliphatic carbocycles. The van der Waals surface area contributed by atoms with Gasteiger partial charge in [-0.2, -0.15) is 0 Å². The average Bonchev–Trinajstić information content (AvgIpc) is 2.27. The van der Waals surface area contributed by atoms with Gasteiger partial charge < -0.3 is 5.32 Å². The third-order valence-corrected chi connectivity index (χ3v) is 4.32. The minimum Gasteiger partial charge on any atom is -0.383 e. The van der Waals surface area contributed by atoms with Crippen LogP contribution in [0.2, 0.25) is 0 Å². The Kier molecular flexibility index (Phi) is 2.90. The number of rotatable bonds is 2. The lowest BCUT2D eigenvalue weighted by Crippen LogP contribution is -2.25. The minimum absolute atomic E-state index is 0.347. The van der Waals surface area contributed by atoms with Crippen molar-refractivity contribution in [3.05, 3.63) is 23.8 Å². The first kappa shape index (κ1) is 11.4. The van der Waals surface area contributed by atoms with Crippen molar-refractivity contribution in [3.63, 3.8) is 0 Å². The van der Waals surface area contributed by atoms with Crippen LogP contribution in [0.15, 0.2) is 23.1 Å². The van der Waals surface area contributed by atoms with E-state index >= 15 is 0 Å². The second-order valence-electron chi connectivity index (χ2n) is 4.19. The van der Waals surface area contributed by atoms with Gasteiger partial charge in [0, 0.05) is 6.54 Å². The third-order valence-electron chi connectivity index (χ3n) is 2.87. The van der Waals surface area contributed by atoms with Gasteiger partial charge in [0.05, 0.1) is 5.69 Å². The van der Waals surface area contributed by atoms with E-state index in [1.54, 1.807) is 12.1 Å². The van der Waals surface area contributed by atoms with Crippen molar-refractivity contribution >= 4 is 15.7 Å². The summed E-state index contributed by atoms with van der Waals surface area (Å²) in [5.74, 6) is 0.542. The SMILES string of the molecule is CNS(=O)(=O)c1cccc2c1NC[C@@H](C)C2. The highest BCUT2D eigenvalue weighted by Crippen LogP contribution is 2.30. The van der Waals surface area contributed by atoms with E-state index in [9.17, 15) is 8.42 Å². The fourth-order valence-corrected chi connectivity index (χ4v) is 2.95. The molecule has 1 aromatic carbocycles. The van der Waals surface area contributed by atoms with Crippen LogP contribution in [0.1, 0.15) is 12.5 Å². The molecule has 0 aromatic heterocycles. The summed E-state index contributed by atoms with van der Waals surface area (Å²) >= 11 is 0. The van der Waals surface area contributed by atoms with Crippen molar-refractivity contribution in [2.75, 3.05) is 18.9 Å². The van der Waals surface area contributed by atoms with Gasteiger partial charge in [-0.3, -0.25) is 0 Å². The summed E-state index contributed by atoms with van der Waals surface area (Å²) in [5.41, 5.74) is 1.84. The molecule has 0 bridgehead atoms. The fraction of sp³-hybridized carbons (Fsp3) is 0.455. The number of sulfonamides is 1. The van der Waals surface area contributed by atoms with Crippen LogP contribution in [0, 0.1) is 5.92 Å². The van der Waals surface area contributed by atoms with Gasteiger partial charge in [-0.25, -0.2) is 13.1 Å². The Bertz CT molecular complexity index is 497. The second-order valence-corrected chi connectivity index (χ2v) is 6.04. The number of hydrogen-bond donors (Lipinski definition) is 2. The number of anilines is 1. The summed E-state index contributed by atoms with van der Waals surface area (Å²) in [6, 6.07) is 5.41. The Morgan fingerprint density at radius 1 is 1.44 bits per heavy atom. The van der Waals surface area contributed by atoms with Crippen LogP contribution in [-0.4, -0.2) is 22.0 Å². The molecular weight excluding hydrogens is 224 g/mol. The molecule has 0 spiro atoms. The first-order valence-electron chi connectivity index (χ1n) is 5.34. The lowest BCUT2D eigenvalue weighted by atomic mass is 9.96. The Hall–Kier alpha value is -1.07. The van der Waals surface area contributed by atoms with E-state index in [-0.39, 0.29) is 0 Å². The summed E-state index contributed by atoms with van der Waals surface area (Å²) in [7, 11) is -1.94. The molecule has 88 valence electrons. The molecule has 1 heterocycles. The van der Waals surface area contributed by atoms with E-state index < -0.39 is 10.0 Å². The molecule has 0 amide bonds. The van der Waals surface area contributed by atoms with Gasteiger partial charge >= 0.3 is 0 Å². The first-order valence-corrected chi connectivity index (χ1v) is 6.82. The number of nitrogens with one attached hydrogen (secondary N) is 2. The van der Waals surface area contributed by atoms with Crippen LogP contribution in [-0.2, 0) is 16.4 Å². The quantitative estimate of drug-likeness (QED) is 0.816. The zero-order valence-corrected chi connectivity index (χ0v) is 10.3. The topological polar surface area (TPSA) is 58.2 Å². The van der Waals surface area contributed by atoms with Gasteiger partial charge in [0.1, 0.15) is 4.90 Å². The van der Waals surface area contributed by atoms with Crippen LogP contribution < -0.4 is 10.0 Å². The number of para-hydroxylation sites is 1. The highest BCUT2D eigenvalue weighted by Gasteiger charge is 2.22. The number of benzene rings is 1. The molecule has 16 heavy (non-hydrogen) atoms. The van der Waals surface area contributed by atoms with Gasteiger partial charge in [-0.05, 0) is 31.0 Å². The molecule has 1 aliphatic rings. The van der Waals surface area contributed by atoms with Crippen LogP contribution in [0.25, 0.3) is 0 Å². The van der Waals surface area contributed by atoms with Gasteiger partial charge in [-0.15, -0.1) is 0 Å². The van der Waals surface area contributed by atoms with E-state index in [1.807, 2.05) is 6.07 Å². The van der Waals surface area contributed by atoms with Crippen molar-refractivity contribution in [1.82, 2.24) is 4.72 Å². The van der Waals surface area contributed by atoms with Gasteiger partial charge in [0.25, 0.3) is 0 Å². The summed E-state index contributed by atoms with van der Waals surface area (Å²) < 4.78 is 26.0. The molecular formula is C11H16N2O2S. The van der Waals surface area contributed by atoms with E-state index in [0.717, 1.165) is 24.2 Å². The van der Waals surface area contributed by atoms with E-state index in [2.05, 4.69) is 17.0 Å². The van der Waals surface area contributed by atoms with E-state index in [4.69, 9.17) is 0 Å². The monoisotopic (exact) mass is 240 g/mol. The molecule has 4 nitrogen and oxygen atoms in total. The Balaban J connectivity index is 2.54. The van der Waals surface area contributed by atoms with Crippen molar-refractivity contribution in [1.29, 1.82) is 0 Å². The largest absolute Gasteiger partial charge is 0.383 e. The maximum absolute atomic E-state index is 11.8. The molecule has 5 heteroatoms. The highest BCUT2D eigenvalue weighted by atomic mass is 32.2. The molecule has 1 aliphatic heterocycles. The Morgan fingerprint density at radius 3 is 2.88 bits per heavy atom. The highest BCUT2D eigenvalue weighted by molar-refractivity contribution is 7.89. The number of hydrogen-bond acceptors (Lipinski definition) is 3. The van der Waals surface area contributed by atoms with E-state index in [0.29, 0.717) is 10.8 Å². The zero-order chi connectivity index (χ0) is 11.8. The van der Waals surface area contributed by atoms with Gasteiger partial charge in [0.15, 0.2) is 0 Å². The molecule has 0 saturated heterocycles. The zero-order valence-electron chi connectivity index (χ0n) is 9.45. The van der Waals surface area contributed by atoms with Crippen LogP contribution in [0.4, 0.5) is 5.69 Å². The maximum Gasteiger partial charge on any atom is 0.242 e. The average molecular weight is 240 g/mol. The molecule has 0 saturated carbocycles. The maximum atomic E-state index is 11.8. The molecule has 2 rings (SSSR count). The molecule has 2 N–H and O–H groups in total. The summed E-state index contributed by atoms with van der Waals surface area (Å²) in [4.78, 5) is 0.347. The van der Waals surface area contributed by atoms with Crippen LogP contribution in [0.5, 0.6) is 0 Å². The van der Waals surface area contributed by atoms with Crippen molar-refractivity contribution in [2.24, 2.45) is 5.92 Å². The van der Waals surface area contributed by atoms with Crippen molar-refractivity contribution < 1.29 is 8.42 Å². The predicted octanol–water partition coefficient (Wildman–Crippen LogP) is 1.20. The second kappa shape index (κ2) is 4.07. The lowest BCUT2D eigenvalue weighted by Gasteiger charge is -2.25. The predicted molar refractivity (Wildman–Crippen MR) is 64.0 cm³/mol. The first-order chi connectivity index (χ1) is 7.54. The normalized spacial score (nSPS) is 20.0. The summed E-state index contributed by atoms with van der Waals surface area (Å²) in [5, 5.41) is 3.20.